The molecule has 12 nitrogen and oxygen atoms in total. The van der Waals surface area contributed by atoms with Crippen molar-refractivity contribution < 1.29 is 38.1 Å². The van der Waals surface area contributed by atoms with Gasteiger partial charge in [-0.15, -0.1) is 0 Å². The normalized spacial score (nSPS) is 10.6. The summed E-state index contributed by atoms with van der Waals surface area (Å²) in [6, 6.07) is 27.7. The Balaban J connectivity index is 1.45. The second-order valence-electron chi connectivity index (χ2n) is 10.1. The topological polar surface area (TPSA) is 155 Å². The number of nitrogens with one attached hydrogen (secondary N) is 2. The van der Waals surface area contributed by atoms with Crippen LogP contribution in [0.4, 0.5) is 4.79 Å². The van der Waals surface area contributed by atoms with Crippen molar-refractivity contribution in [2.75, 3.05) is 19.8 Å². The fourth-order valence-corrected chi connectivity index (χ4v) is 4.12. The van der Waals surface area contributed by atoms with Crippen molar-refractivity contribution in [2.24, 2.45) is 0 Å². The maximum atomic E-state index is 13.7. The monoisotopic (exact) mass is 626 g/mol. The van der Waals surface area contributed by atoms with E-state index in [2.05, 4.69) is 20.6 Å². The molecule has 0 aliphatic heterocycles. The molecule has 0 saturated carbocycles. The molecule has 0 atom stereocenters. The van der Waals surface area contributed by atoms with Gasteiger partial charge in [0.05, 0.1) is 12.1 Å². The van der Waals surface area contributed by atoms with Crippen LogP contribution in [0.2, 0.25) is 0 Å². The molecule has 238 valence electrons. The standard InChI is InChI=1S/C34H34N4O8/c1-23(2)46-34(42)44-19-18-43-28(39)21-36-32(41)30-35-20-27(33(38-30)45-22-24-12-6-3-7-13-24)31(40)37-29(25-14-8-4-9-15-25)26-16-10-5-11-17-26/h3-17,20,23,29H,18-19,21-22H2,1-2H3,(H,36,41)(H,37,40). The molecular formula is C34H34N4O8. The number of carbonyl (C=O) groups excluding carboxylic acids is 4. The number of rotatable bonds is 14. The predicted octanol–water partition coefficient (Wildman–Crippen LogP) is 4.41. The van der Waals surface area contributed by atoms with Crippen LogP contribution in [0.5, 0.6) is 5.88 Å². The smallest absolute Gasteiger partial charge is 0.472 e. The third-order valence-electron chi connectivity index (χ3n) is 6.25. The maximum absolute atomic E-state index is 13.7. The summed E-state index contributed by atoms with van der Waals surface area (Å²) >= 11 is 0. The van der Waals surface area contributed by atoms with Gasteiger partial charge >= 0.3 is 12.1 Å². The molecular weight excluding hydrogens is 592 g/mol. The Kier molecular flexibility index (Phi) is 12.2. The Morgan fingerprint density at radius 1 is 0.761 bits per heavy atom. The number of benzene rings is 3. The van der Waals surface area contributed by atoms with E-state index < -0.39 is 36.5 Å². The molecule has 0 aliphatic rings. The highest BCUT2D eigenvalue weighted by molar-refractivity contribution is 5.98. The predicted molar refractivity (Wildman–Crippen MR) is 166 cm³/mol. The fourth-order valence-electron chi connectivity index (χ4n) is 4.12. The minimum absolute atomic E-state index is 0.0137. The van der Waals surface area contributed by atoms with Crippen LogP contribution in [0.25, 0.3) is 0 Å². The summed E-state index contributed by atoms with van der Waals surface area (Å²) in [6.07, 6.45) is -0.0217. The van der Waals surface area contributed by atoms with Crippen molar-refractivity contribution >= 4 is 23.9 Å². The summed E-state index contributed by atoms with van der Waals surface area (Å²) < 4.78 is 20.5. The van der Waals surface area contributed by atoms with Crippen LogP contribution in [0.15, 0.2) is 97.2 Å². The summed E-state index contributed by atoms with van der Waals surface area (Å²) in [7, 11) is 0. The van der Waals surface area contributed by atoms with Gasteiger partial charge in [-0.1, -0.05) is 91.0 Å². The third kappa shape index (κ3) is 10.2. The number of hydrogen-bond donors (Lipinski definition) is 2. The van der Waals surface area contributed by atoms with Gasteiger partial charge in [0, 0.05) is 6.20 Å². The number of nitrogens with zero attached hydrogens (tertiary/aromatic N) is 2. The molecule has 0 aliphatic carbocycles. The number of aromatic nitrogens is 2. The van der Waals surface area contributed by atoms with Crippen LogP contribution in [0, 0.1) is 0 Å². The van der Waals surface area contributed by atoms with Gasteiger partial charge in [-0.2, -0.15) is 4.98 Å². The van der Waals surface area contributed by atoms with E-state index in [4.69, 9.17) is 18.9 Å². The van der Waals surface area contributed by atoms with Gasteiger partial charge in [0.2, 0.25) is 11.7 Å². The highest BCUT2D eigenvalue weighted by Crippen LogP contribution is 2.24. The number of amides is 2. The Labute approximate surface area is 266 Å². The molecule has 0 radical (unpaired) electrons. The highest BCUT2D eigenvalue weighted by Gasteiger charge is 2.24. The minimum Gasteiger partial charge on any atom is -0.472 e. The van der Waals surface area contributed by atoms with E-state index in [1.165, 1.54) is 6.20 Å². The second-order valence-corrected chi connectivity index (χ2v) is 10.1. The first-order valence-electron chi connectivity index (χ1n) is 14.5. The molecule has 0 spiro atoms. The second kappa shape index (κ2) is 16.9. The molecule has 4 rings (SSSR count). The molecule has 0 saturated heterocycles. The molecule has 12 heteroatoms. The van der Waals surface area contributed by atoms with Gasteiger partial charge < -0.3 is 29.6 Å². The Morgan fingerprint density at radius 2 is 1.35 bits per heavy atom. The molecule has 0 unspecified atom stereocenters. The van der Waals surface area contributed by atoms with Crippen LogP contribution < -0.4 is 15.4 Å². The van der Waals surface area contributed by atoms with Gasteiger partial charge in [0.25, 0.3) is 11.8 Å². The summed E-state index contributed by atoms with van der Waals surface area (Å²) in [5.74, 6) is -2.53. The lowest BCUT2D eigenvalue weighted by molar-refractivity contribution is -0.143. The molecule has 0 bridgehead atoms. The largest absolute Gasteiger partial charge is 0.508 e. The first-order valence-corrected chi connectivity index (χ1v) is 14.5. The van der Waals surface area contributed by atoms with Crippen LogP contribution in [0.1, 0.15) is 57.6 Å². The SMILES string of the molecule is CC(C)OC(=O)OCCOC(=O)CNC(=O)c1ncc(C(=O)NC(c2ccccc2)c2ccccc2)c(OCc2ccccc2)n1. The zero-order valence-corrected chi connectivity index (χ0v) is 25.4. The molecule has 2 N–H and O–H groups in total. The highest BCUT2D eigenvalue weighted by atomic mass is 16.7. The van der Waals surface area contributed by atoms with Gasteiger partial charge in [0.15, 0.2) is 0 Å². The van der Waals surface area contributed by atoms with Crippen LogP contribution in [-0.4, -0.2) is 59.8 Å². The summed E-state index contributed by atoms with van der Waals surface area (Å²) in [5.41, 5.74) is 2.55. The average Bonchev–Trinajstić information content (AvgIpc) is 3.07. The molecule has 1 aromatic heterocycles. The lowest BCUT2D eigenvalue weighted by Gasteiger charge is -2.20. The van der Waals surface area contributed by atoms with E-state index >= 15 is 0 Å². The summed E-state index contributed by atoms with van der Waals surface area (Å²) in [6.45, 7) is 2.46. The Morgan fingerprint density at radius 3 is 1.96 bits per heavy atom. The number of ether oxygens (including phenoxy) is 4. The first-order chi connectivity index (χ1) is 22.3. The van der Waals surface area contributed by atoms with E-state index in [0.29, 0.717) is 0 Å². The van der Waals surface area contributed by atoms with E-state index in [0.717, 1.165) is 16.7 Å². The summed E-state index contributed by atoms with van der Waals surface area (Å²) in [4.78, 5) is 58.3. The average molecular weight is 627 g/mol. The third-order valence-corrected chi connectivity index (χ3v) is 6.25. The van der Waals surface area contributed by atoms with Crippen molar-refractivity contribution in [3.05, 3.63) is 125 Å². The molecule has 0 fully saturated rings. The van der Waals surface area contributed by atoms with Crippen molar-refractivity contribution in [1.29, 1.82) is 0 Å². The van der Waals surface area contributed by atoms with Crippen LogP contribution in [0.3, 0.4) is 0 Å². The van der Waals surface area contributed by atoms with Gasteiger partial charge in [0.1, 0.15) is 31.9 Å². The van der Waals surface area contributed by atoms with Gasteiger partial charge in [-0.25, -0.2) is 9.78 Å². The van der Waals surface area contributed by atoms with E-state index in [1.807, 2.05) is 91.0 Å². The van der Waals surface area contributed by atoms with Crippen molar-refractivity contribution in [3.63, 3.8) is 0 Å². The van der Waals surface area contributed by atoms with Crippen LogP contribution in [-0.2, 0) is 25.6 Å². The van der Waals surface area contributed by atoms with E-state index in [1.54, 1.807) is 13.8 Å². The first kappa shape index (κ1) is 33.1. The lowest BCUT2D eigenvalue weighted by Crippen LogP contribution is -2.33. The van der Waals surface area contributed by atoms with E-state index in [9.17, 15) is 19.2 Å². The molecule has 4 aromatic rings. The van der Waals surface area contributed by atoms with Crippen LogP contribution >= 0.6 is 0 Å². The Bertz CT molecular complexity index is 1560. The molecule has 3 aromatic carbocycles. The Hall–Kier alpha value is -5.78. The van der Waals surface area contributed by atoms with Crippen molar-refractivity contribution in [3.8, 4) is 5.88 Å². The van der Waals surface area contributed by atoms with Crippen molar-refractivity contribution in [1.82, 2.24) is 20.6 Å². The summed E-state index contributed by atoms with van der Waals surface area (Å²) in [5, 5.41) is 5.41. The molecule has 46 heavy (non-hydrogen) atoms. The van der Waals surface area contributed by atoms with Gasteiger partial charge in [-0.3, -0.25) is 14.4 Å². The molecule has 2 amide bonds. The number of hydrogen-bond acceptors (Lipinski definition) is 10. The van der Waals surface area contributed by atoms with E-state index in [-0.39, 0.29) is 43.2 Å². The lowest BCUT2D eigenvalue weighted by atomic mass is 9.98. The minimum atomic E-state index is -0.880. The maximum Gasteiger partial charge on any atom is 0.508 e. The quantitative estimate of drug-likeness (QED) is 0.152. The number of carbonyl (C=O) groups is 4. The fraction of sp³-hybridized carbons (Fsp3) is 0.235. The number of esters is 1. The zero-order valence-electron chi connectivity index (χ0n) is 25.4. The molecule has 1 heterocycles. The van der Waals surface area contributed by atoms with Gasteiger partial charge in [-0.05, 0) is 30.5 Å². The van der Waals surface area contributed by atoms with Crippen molar-refractivity contribution in [2.45, 2.75) is 32.6 Å². The zero-order chi connectivity index (χ0) is 32.7.